The molecule has 7 heteroatoms. The maximum absolute atomic E-state index is 11.8. The fraction of sp³-hybridized carbons (Fsp3) is 0.300. The lowest BCUT2D eigenvalue weighted by Gasteiger charge is -2.06. The van der Waals surface area contributed by atoms with E-state index in [0.717, 1.165) is 19.9 Å². The SMILES string of the molecule is CCSc1cccc(-n2nnn(C)c2=O)c1I. The molecule has 0 saturated carbocycles. The highest BCUT2D eigenvalue weighted by Gasteiger charge is 2.12. The first kappa shape index (κ1) is 12.6. The first-order valence-electron chi connectivity index (χ1n) is 5.06. The van der Waals surface area contributed by atoms with Gasteiger partial charge in [0.25, 0.3) is 0 Å². The summed E-state index contributed by atoms with van der Waals surface area (Å²) in [5.41, 5.74) is 0.545. The van der Waals surface area contributed by atoms with Crippen molar-refractivity contribution in [3.63, 3.8) is 0 Å². The Kier molecular flexibility index (Phi) is 3.87. The molecule has 17 heavy (non-hydrogen) atoms. The first-order chi connectivity index (χ1) is 8.15. The van der Waals surface area contributed by atoms with Gasteiger partial charge in [-0.3, -0.25) is 0 Å². The summed E-state index contributed by atoms with van der Waals surface area (Å²) in [7, 11) is 1.59. The van der Waals surface area contributed by atoms with Crippen molar-refractivity contribution in [2.24, 2.45) is 7.05 Å². The summed E-state index contributed by atoms with van der Waals surface area (Å²) in [5, 5.41) is 7.57. The molecule has 0 saturated heterocycles. The van der Waals surface area contributed by atoms with Crippen LogP contribution in [0, 0.1) is 3.57 Å². The standard InChI is InChI=1S/C10H11IN4OS/c1-3-17-8-6-4-5-7(9(8)11)15-10(16)14(2)12-13-15/h4-6H,3H2,1-2H3. The zero-order valence-electron chi connectivity index (χ0n) is 9.42. The number of rotatable bonds is 3. The lowest BCUT2D eigenvalue weighted by molar-refractivity contribution is 0.692. The van der Waals surface area contributed by atoms with Crippen LogP contribution in [0.4, 0.5) is 0 Å². The molecular formula is C10H11IN4OS. The van der Waals surface area contributed by atoms with Crippen molar-refractivity contribution in [1.29, 1.82) is 0 Å². The van der Waals surface area contributed by atoms with E-state index in [9.17, 15) is 4.79 Å². The van der Waals surface area contributed by atoms with Gasteiger partial charge < -0.3 is 0 Å². The molecule has 1 heterocycles. The van der Waals surface area contributed by atoms with Crippen LogP contribution in [0.3, 0.4) is 0 Å². The summed E-state index contributed by atoms with van der Waals surface area (Å²) in [6.45, 7) is 2.10. The van der Waals surface area contributed by atoms with Gasteiger partial charge in [-0.2, -0.15) is 9.36 Å². The second-order valence-electron chi connectivity index (χ2n) is 3.32. The molecule has 0 aliphatic heterocycles. The molecule has 2 rings (SSSR count). The molecule has 0 atom stereocenters. The molecule has 0 unspecified atom stereocenters. The van der Waals surface area contributed by atoms with Crippen molar-refractivity contribution in [2.75, 3.05) is 5.75 Å². The number of halogens is 1. The van der Waals surface area contributed by atoms with Crippen molar-refractivity contribution >= 4 is 34.4 Å². The van der Waals surface area contributed by atoms with E-state index in [2.05, 4.69) is 39.9 Å². The van der Waals surface area contributed by atoms with E-state index < -0.39 is 0 Å². The minimum atomic E-state index is -0.235. The highest BCUT2D eigenvalue weighted by Crippen LogP contribution is 2.27. The molecule has 1 aromatic carbocycles. The van der Waals surface area contributed by atoms with E-state index in [1.165, 1.54) is 9.36 Å². The van der Waals surface area contributed by atoms with Crippen LogP contribution in [0.25, 0.3) is 5.69 Å². The molecule has 1 aromatic heterocycles. The van der Waals surface area contributed by atoms with Crippen LogP contribution in [0.5, 0.6) is 0 Å². The molecule has 0 bridgehead atoms. The Labute approximate surface area is 116 Å². The Balaban J connectivity index is 2.56. The number of aryl methyl sites for hydroxylation is 1. The highest BCUT2D eigenvalue weighted by molar-refractivity contribution is 14.1. The largest absolute Gasteiger partial charge is 0.368 e. The molecular weight excluding hydrogens is 351 g/mol. The van der Waals surface area contributed by atoms with Gasteiger partial charge in [0.1, 0.15) is 0 Å². The number of hydrogen-bond acceptors (Lipinski definition) is 4. The van der Waals surface area contributed by atoms with Crippen molar-refractivity contribution in [1.82, 2.24) is 19.8 Å². The average molecular weight is 362 g/mol. The fourth-order valence-electron chi connectivity index (χ4n) is 1.39. The van der Waals surface area contributed by atoms with Crippen molar-refractivity contribution in [3.8, 4) is 5.69 Å². The predicted octanol–water partition coefficient (Wildman–Crippen LogP) is 1.68. The summed E-state index contributed by atoms with van der Waals surface area (Å²) in [6, 6.07) is 5.84. The minimum Gasteiger partial charge on any atom is -0.244 e. The third-order valence-electron chi connectivity index (χ3n) is 2.19. The minimum absolute atomic E-state index is 0.235. The van der Waals surface area contributed by atoms with Gasteiger partial charge in [-0.15, -0.1) is 11.8 Å². The zero-order chi connectivity index (χ0) is 12.4. The lowest BCUT2D eigenvalue weighted by atomic mass is 10.3. The summed E-state index contributed by atoms with van der Waals surface area (Å²) in [6.07, 6.45) is 0. The smallest absolute Gasteiger partial charge is 0.244 e. The third kappa shape index (κ3) is 2.39. The average Bonchev–Trinajstić information content (AvgIpc) is 2.64. The van der Waals surface area contributed by atoms with Crippen LogP contribution in [-0.2, 0) is 7.05 Å². The van der Waals surface area contributed by atoms with Gasteiger partial charge in [-0.1, -0.05) is 13.0 Å². The monoisotopic (exact) mass is 362 g/mol. The van der Waals surface area contributed by atoms with E-state index in [-0.39, 0.29) is 5.69 Å². The summed E-state index contributed by atoms with van der Waals surface area (Å²) in [5.74, 6) is 0.995. The number of aromatic nitrogens is 4. The Bertz CT molecular complexity index is 592. The Morgan fingerprint density at radius 1 is 1.41 bits per heavy atom. The van der Waals surface area contributed by atoms with Gasteiger partial charge in [0.05, 0.1) is 9.26 Å². The van der Waals surface area contributed by atoms with E-state index in [0.29, 0.717) is 0 Å². The Morgan fingerprint density at radius 3 is 2.76 bits per heavy atom. The topological polar surface area (TPSA) is 52.7 Å². The molecule has 90 valence electrons. The van der Waals surface area contributed by atoms with Crippen LogP contribution >= 0.6 is 34.4 Å². The Morgan fingerprint density at radius 2 is 2.18 bits per heavy atom. The van der Waals surface area contributed by atoms with E-state index in [1.807, 2.05) is 18.2 Å². The summed E-state index contributed by atoms with van der Waals surface area (Å²) >= 11 is 3.98. The molecule has 0 radical (unpaired) electrons. The van der Waals surface area contributed by atoms with Gasteiger partial charge in [0.2, 0.25) is 0 Å². The van der Waals surface area contributed by atoms with Gasteiger partial charge >= 0.3 is 5.69 Å². The van der Waals surface area contributed by atoms with Gasteiger partial charge in [0.15, 0.2) is 0 Å². The molecule has 0 fully saturated rings. The second kappa shape index (κ2) is 5.21. The number of tetrazole rings is 1. The quantitative estimate of drug-likeness (QED) is 0.616. The van der Waals surface area contributed by atoms with Gasteiger partial charge in [0, 0.05) is 11.9 Å². The predicted molar refractivity (Wildman–Crippen MR) is 75.7 cm³/mol. The van der Waals surface area contributed by atoms with E-state index >= 15 is 0 Å². The van der Waals surface area contributed by atoms with Crippen molar-refractivity contribution in [3.05, 3.63) is 32.3 Å². The maximum Gasteiger partial charge on any atom is 0.368 e. The molecule has 0 amide bonds. The summed E-state index contributed by atoms with van der Waals surface area (Å²) in [4.78, 5) is 12.9. The highest BCUT2D eigenvalue weighted by atomic mass is 127. The van der Waals surface area contributed by atoms with Crippen LogP contribution in [0.1, 0.15) is 6.92 Å². The first-order valence-corrected chi connectivity index (χ1v) is 7.12. The van der Waals surface area contributed by atoms with Crippen LogP contribution < -0.4 is 5.69 Å². The number of benzene rings is 1. The van der Waals surface area contributed by atoms with Crippen LogP contribution in [0.2, 0.25) is 0 Å². The molecule has 0 spiro atoms. The van der Waals surface area contributed by atoms with Gasteiger partial charge in [-0.25, -0.2) is 4.79 Å². The molecule has 0 aliphatic rings. The fourth-order valence-corrected chi connectivity index (χ4v) is 3.17. The van der Waals surface area contributed by atoms with E-state index in [1.54, 1.807) is 18.8 Å². The second-order valence-corrected chi connectivity index (χ2v) is 5.70. The summed E-state index contributed by atoms with van der Waals surface area (Å²) < 4.78 is 3.57. The van der Waals surface area contributed by atoms with Crippen molar-refractivity contribution in [2.45, 2.75) is 11.8 Å². The van der Waals surface area contributed by atoms with Crippen LogP contribution in [0.15, 0.2) is 27.9 Å². The third-order valence-corrected chi connectivity index (χ3v) is 4.63. The maximum atomic E-state index is 11.8. The number of hydrogen-bond donors (Lipinski definition) is 0. The normalized spacial score (nSPS) is 10.8. The number of thioether (sulfide) groups is 1. The molecule has 0 aliphatic carbocycles. The van der Waals surface area contributed by atoms with Crippen LogP contribution in [-0.4, -0.2) is 25.5 Å². The molecule has 0 N–H and O–H groups in total. The zero-order valence-corrected chi connectivity index (χ0v) is 12.4. The van der Waals surface area contributed by atoms with Gasteiger partial charge in [-0.05, 0) is 50.9 Å². The lowest BCUT2D eigenvalue weighted by Crippen LogP contribution is -2.22. The number of nitrogens with zero attached hydrogens (tertiary/aromatic N) is 4. The van der Waals surface area contributed by atoms with E-state index in [4.69, 9.17) is 0 Å². The molecule has 5 nitrogen and oxygen atoms in total. The Hall–Kier alpha value is -0.830. The molecule has 2 aromatic rings. The van der Waals surface area contributed by atoms with Crippen molar-refractivity contribution < 1.29 is 0 Å².